The van der Waals surface area contributed by atoms with Crippen LogP contribution < -0.4 is 5.32 Å². The zero-order valence-electron chi connectivity index (χ0n) is 10.5. The molecule has 0 bridgehead atoms. The van der Waals surface area contributed by atoms with Gasteiger partial charge in [0.25, 0.3) is 0 Å². The molecule has 1 unspecified atom stereocenters. The van der Waals surface area contributed by atoms with Crippen molar-refractivity contribution in [3.05, 3.63) is 35.4 Å². The van der Waals surface area contributed by atoms with E-state index in [9.17, 15) is 0 Å². The quantitative estimate of drug-likeness (QED) is 0.863. The number of benzene rings is 1. The van der Waals surface area contributed by atoms with E-state index in [0.717, 1.165) is 13.1 Å². The van der Waals surface area contributed by atoms with Crippen LogP contribution in [0.25, 0.3) is 0 Å². The average Bonchev–Trinajstić information content (AvgIpc) is 2.34. The van der Waals surface area contributed by atoms with E-state index in [1.807, 2.05) is 7.11 Å². The summed E-state index contributed by atoms with van der Waals surface area (Å²) >= 11 is 0. The van der Waals surface area contributed by atoms with Crippen LogP contribution in [0.5, 0.6) is 0 Å². The van der Waals surface area contributed by atoms with Crippen molar-refractivity contribution in [1.82, 2.24) is 5.32 Å². The Morgan fingerprint density at radius 2 is 2.18 bits per heavy atom. The van der Waals surface area contributed by atoms with Gasteiger partial charge in [0, 0.05) is 20.2 Å². The smallest absolute Gasteiger partial charge is 0.0931 e. The molecule has 1 aliphatic carbocycles. The van der Waals surface area contributed by atoms with Crippen LogP contribution in [0.3, 0.4) is 0 Å². The van der Waals surface area contributed by atoms with E-state index in [0.29, 0.717) is 5.92 Å². The molecule has 92 valence electrons. The Labute approximate surface area is 103 Å². The third kappa shape index (κ3) is 2.00. The number of hydrogen-bond donors (Lipinski definition) is 1. The number of aryl methyl sites for hydroxylation is 1. The van der Waals surface area contributed by atoms with Crippen LogP contribution in [0.2, 0.25) is 0 Å². The van der Waals surface area contributed by atoms with Crippen LogP contribution in [-0.2, 0) is 11.2 Å². The fraction of sp³-hybridized carbons (Fsp3) is 0.600. The van der Waals surface area contributed by atoms with E-state index < -0.39 is 0 Å². The molecule has 1 heterocycles. The van der Waals surface area contributed by atoms with E-state index in [1.165, 1.54) is 25.7 Å². The Bertz CT molecular complexity index is 392. The standard InChI is InChI=1S/C15H21NO/c1-17-15(10-16-11-15)9-13-7-4-6-12-5-2-3-8-14(12)13/h2-3,5,8,13,16H,4,6-7,9-11H2,1H3. The zero-order valence-corrected chi connectivity index (χ0v) is 10.5. The van der Waals surface area contributed by atoms with Gasteiger partial charge >= 0.3 is 0 Å². The molecule has 1 N–H and O–H groups in total. The van der Waals surface area contributed by atoms with Crippen molar-refractivity contribution in [3.8, 4) is 0 Å². The minimum atomic E-state index is 0.106. The maximum absolute atomic E-state index is 5.73. The molecule has 1 saturated heterocycles. The second-order valence-electron chi connectivity index (χ2n) is 5.48. The third-order valence-electron chi connectivity index (χ3n) is 4.44. The summed E-state index contributed by atoms with van der Waals surface area (Å²) in [6, 6.07) is 8.95. The van der Waals surface area contributed by atoms with Crippen LogP contribution in [0, 0.1) is 0 Å². The molecule has 1 aliphatic heterocycles. The van der Waals surface area contributed by atoms with Crippen LogP contribution >= 0.6 is 0 Å². The van der Waals surface area contributed by atoms with Gasteiger partial charge in [-0.2, -0.15) is 0 Å². The Hall–Kier alpha value is -0.860. The van der Waals surface area contributed by atoms with E-state index in [2.05, 4.69) is 29.6 Å². The van der Waals surface area contributed by atoms with Crippen molar-refractivity contribution < 1.29 is 4.74 Å². The van der Waals surface area contributed by atoms with E-state index in [4.69, 9.17) is 4.74 Å². The van der Waals surface area contributed by atoms with Gasteiger partial charge in [0.05, 0.1) is 5.60 Å². The first kappa shape index (κ1) is 11.2. The Kier molecular flexibility index (Phi) is 2.93. The first-order valence-electron chi connectivity index (χ1n) is 6.67. The lowest BCUT2D eigenvalue weighted by atomic mass is 9.75. The van der Waals surface area contributed by atoms with Gasteiger partial charge in [-0.3, -0.25) is 0 Å². The fourth-order valence-electron chi connectivity index (χ4n) is 3.29. The summed E-state index contributed by atoms with van der Waals surface area (Å²) in [4.78, 5) is 0. The summed E-state index contributed by atoms with van der Waals surface area (Å²) in [6.45, 7) is 2.03. The molecule has 2 nitrogen and oxygen atoms in total. The van der Waals surface area contributed by atoms with Gasteiger partial charge in [-0.25, -0.2) is 0 Å². The van der Waals surface area contributed by atoms with Gasteiger partial charge in [0.15, 0.2) is 0 Å². The van der Waals surface area contributed by atoms with Crippen LogP contribution in [0.4, 0.5) is 0 Å². The highest BCUT2D eigenvalue weighted by Gasteiger charge is 2.40. The van der Waals surface area contributed by atoms with Gasteiger partial charge in [0.2, 0.25) is 0 Å². The Morgan fingerprint density at radius 3 is 2.88 bits per heavy atom. The lowest BCUT2D eigenvalue weighted by Crippen LogP contribution is -2.61. The minimum Gasteiger partial charge on any atom is -0.376 e. The minimum absolute atomic E-state index is 0.106. The molecule has 0 saturated carbocycles. The fourth-order valence-corrected chi connectivity index (χ4v) is 3.29. The van der Waals surface area contributed by atoms with Gasteiger partial charge < -0.3 is 10.1 Å². The molecule has 0 spiro atoms. The van der Waals surface area contributed by atoms with Crippen LogP contribution in [-0.4, -0.2) is 25.8 Å². The largest absolute Gasteiger partial charge is 0.376 e. The van der Waals surface area contributed by atoms with Crippen LogP contribution in [0.15, 0.2) is 24.3 Å². The molecule has 1 aromatic rings. The van der Waals surface area contributed by atoms with Gasteiger partial charge in [-0.1, -0.05) is 24.3 Å². The highest BCUT2D eigenvalue weighted by molar-refractivity contribution is 5.33. The van der Waals surface area contributed by atoms with Gasteiger partial charge in [-0.05, 0) is 42.7 Å². The van der Waals surface area contributed by atoms with E-state index in [-0.39, 0.29) is 5.60 Å². The molecule has 2 aliphatic rings. The maximum Gasteiger partial charge on any atom is 0.0931 e. The maximum atomic E-state index is 5.73. The topological polar surface area (TPSA) is 21.3 Å². The number of methoxy groups -OCH3 is 1. The number of hydrogen-bond acceptors (Lipinski definition) is 2. The molecular weight excluding hydrogens is 210 g/mol. The lowest BCUT2D eigenvalue weighted by molar-refractivity contribution is -0.0625. The van der Waals surface area contributed by atoms with Crippen molar-refractivity contribution in [2.75, 3.05) is 20.2 Å². The molecular formula is C15H21NO. The molecule has 3 rings (SSSR count). The Morgan fingerprint density at radius 1 is 1.35 bits per heavy atom. The van der Waals surface area contributed by atoms with Crippen molar-refractivity contribution in [2.24, 2.45) is 0 Å². The summed E-state index contributed by atoms with van der Waals surface area (Å²) in [7, 11) is 1.86. The third-order valence-corrected chi connectivity index (χ3v) is 4.44. The molecule has 0 aromatic heterocycles. The SMILES string of the molecule is COC1(CC2CCCc3ccccc32)CNC1. The monoisotopic (exact) mass is 231 g/mol. The summed E-state index contributed by atoms with van der Waals surface area (Å²) in [5.74, 6) is 0.696. The van der Waals surface area contributed by atoms with E-state index >= 15 is 0 Å². The highest BCUT2D eigenvalue weighted by Crippen LogP contribution is 2.38. The summed E-state index contributed by atoms with van der Waals surface area (Å²) in [6.07, 6.45) is 5.08. The molecule has 1 aromatic carbocycles. The first-order chi connectivity index (χ1) is 8.33. The normalized spacial score (nSPS) is 26.1. The van der Waals surface area contributed by atoms with Crippen molar-refractivity contribution in [2.45, 2.75) is 37.2 Å². The number of fused-ring (bicyclic) bond motifs is 1. The second-order valence-corrected chi connectivity index (χ2v) is 5.48. The van der Waals surface area contributed by atoms with E-state index in [1.54, 1.807) is 11.1 Å². The molecule has 0 radical (unpaired) electrons. The number of rotatable bonds is 3. The molecule has 0 amide bonds. The van der Waals surface area contributed by atoms with Crippen LogP contribution in [0.1, 0.15) is 36.3 Å². The molecule has 1 fully saturated rings. The Balaban J connectivity index is 1.81. The molecule has 17 heavy (non-hydrogen) atoms. The number of nitrogens with one attached hydrogen (secondary N) is 1. The molecule has 1 atom stereocenters. The van der Waals surface area contributed by atoms with Crippen molar-refractivity contribution >= 4 is 0 Å². The summed E-state index contributed by atoms with van der Waals surface area (Å²) in [5, 5.41) is 3.34. The summed E-state index contributed by atoms with van der Waals surface area (Å²) < 4.78 is 5.73. The zero-order chi connectivity index (χ0) is 11.7. The average molecular weight is 231 g/mol. The van der Waals surface area contributed by atoms with Crippen molar-refractivity contribution in [3.63, 3.8) is 0 Å². The lowest BCUT2D eigenvalue weighted by Gasteiger charge is -2.44. The predicted octanol–water partition coefficient (Wildman–Crippen LogP) is 2.49. The predicted molar refractivity (Wildman–Crippen MR) is 69.3 cm³/mol. The number of ether oxygens (including phenoxy) is 1. The second kappa shape index (κ2) is 4.43. The summed E-state index contributed by atoms with van der Waals surface area (Å²) in [5.41, 5.74) is 3.24. The van der Waals surface area contributed by atoms with Gasteiger partial charge in [0.1, 0.15) is 0 Å². The first-order valence-corrected chi connectivity index (χ1v) is 6.67. The highest BCUT2D eigenvalue weighted by atomic mass is 16.5. The van der Waals surface area contributed by atoms with Gasteiger partial charge in [-0.15, -0.1) is 0 Å². The molecule has 2 heteroatoms. The van der Waals surface area contributed by atoms with Crippen molar-refractivity contribution in [1.29, 1.82) is 0 Å².